The van der Waals surface area contributed by atoms with E-state index in [1.807, 2.05) is 0 Å². The van der Waals surface area contributed by atoms with E-state index in [0.29, 0.717) is 6.42 Å². The Labute approximate surface area is 83.5 Å². The van der Waals surface area contributed by atoms with Crippen LogP contribution in [0.3, 0.4) is 0 Å². The highest BCUT2D eigenvalue weighted by molar-refractivity contribution is 7.99. The van der Waals surface area contributed by atoms with E-state index >= 15 is 0 Å². The Bertz CT molecular complexity index is 139. The lowest BCUT2D eigenvalue weighted by molar-refractivity contribution is -0.139. The van der Waals surface area contributed by atoms with Crippen LogP contribution in [0.4, 0.5) is 0 Å². The molecular formula is C9H18O3S. The normalized spacial score (nSPS) is 12.8. The molecule has 0 aliphatic rings. The number of aliphatic carboxylic acids is 1. The number of carboxylic acid groups (broad SMARTS) is 1. The molecule has 13 heavy (non-hydrogen) atoms. The minimum Gasteiger partial charge on any atom is -0.481 e. The molecule has 0 aliphatic carbocycles. The molecule has 78 valence electrons. The van der Waals surface area contributed by atoms with E-state index in [1.54, 1.807) is 11.8 Å². The van der Waals surface area contributed by atoms with Gasteiger partial charge in [0.25, 0.3) is 0 Å². The van der Waals surface area contributed by atoms with Crippen molar-refractivity contribution >= 4 is 17.7 Å². The van der Waals surface area contributed by atoms with E-state index in [0.717, 1.165) is 11.5 Å². The second-order valence-electron chi connectivity index (χ2n) is 3.01. The first kappa shape index (κ1) is 12.8. The third kappa shape index (κ3) is 9.70. The maximum absolute atomic E-state index is 10.2. The predicted molar refractivity (Wildman–Crippen MR) is 55.1 cm³/mol. The molecule has 0 aromatic carbocycles. The van der Waals surface area contributed by atoms with Gasteiger partial charge in [-0.1, -0.05) is 13.3 Å². The van der Waals surface area contributed by atoms with Gasteiger partial charge in [-0.25, -0.2) is 0 Å². The van der Waals surface area contributed by atoms with Crippen molar-refractivity contribution < 1.29 is 15.0 Å². The molecule has 0 aromatic heterocycles. The number of rotatable bonds is 8. The van der Waals surface area contributed by atoms with Crippen molar-refractivity contribution in [1.29, 1.82) is 0 Å². The van der Waals surface area contributed by atoms with Crippen molar-refractivity contribution in [3.05, 3.63) is 0 Å². The third-order valence-electron chi connectivity index (χ3n) is 1.65. The average Bonchev–Trinajstić information content (AvgIpc) is 2.02. The summed E-state index contributed by atoms with van der Waals surface area (Å²) in [6.07, 6.45) is 2.16. The van der Waals surface area contributed by atoms with Crippen LogP contribution in [-0.4, -0.2) is 33.8 Å². The third-order valence-corrected chi connectivity index (χ3v) is 2.75. The van der Waals surface area contributed by atoms with Gasteiger partial charge in [0.1, 0.15) is 0 Å². The molecular weight excluding hydrogens is 188 g/mol. The smallest absolute Gasteiger partial charge is 0.305 e. The Morgan fingerprint density at radius 3 is 2.69 bits per heavy atom. The summed E-state index contributed by atoms with van der Waals surface area (Å²) in [5.74, 6) is 1.04. The fourth-order valence-electron chi connectivity index (χ4n) is 0.871. The molecule has 0 saturated carbocycles. The van der Waals surface area contributed by atoms with Crippen LogP contribution in [0, 0.1) is 0 Å². The van der Waals surface area contributed by atoms with Gasteiger partial charge < -0.3 is 10.2 Å². The van der Waals surface area contributed by atoms with Crippen molar-refractivity contribution in [2.75, 3.05) is 11.5 Å². The Morgan fingerprint density at radius 1 is 1.46 bits per heavy atom. The zero-order valence-electron chi connectivity index (χ0n) is 8.03. The molecule has 0 bridgehead atoms. The molecule has 0 heterocycles. The summed E-state index contributed by atoms with van der Waals surface area (Å²) >= 11 is 1.78. The van der Waals surface area contributed by atoms with E-state index in [2.05, 4.69) is 6.92 Å². The minimum absolute atomic E-state index is 0.131. The number of carboxylic acids is 1. The second-order valence-corrected chi connectivity index (χ2v) is 4.23. The van der Waals surface area contributed by atoms with Gasteiger partial charge in [0.15, 0.2) is 0 Å². The van der Waals surface area contributed by atoms with Gasteiger partial charge >= 0.3 is 5.97 Å². The molecule has 3 nitrogen and oxygen atoms in total. The molecule has 0 radical (unpaired) electrons. The van der Waals surface area contributed by atoms with Crippen molar-refractivity contribution in [3.8, 4) is 0 Å². The monoisotopic (exact) mass is 206 g/mol. The molecule has 0 fully saturated rings. The molecule has 4 heteroatoms. The topological polar surface area (TPSA) is 57.5 Å². The first-order chi connectivity index (χ1) is 6.16. The first-order valence-electron chi connectivity index (χ1n) is 4.64. The lowest BCUT2D eigenvalue weighted by atomic mass is 10.2. The van der Waals surface area contributed by atoms with Gasteiger partial charge in [-0.15, -0.1) is 0 Å². The predicted octanol–water partition coefficient (Wildman–Crippen LogP) is 1.75. The van der Waals surface area contributed by atoms with E-state index in [-0.39, 0.29) is 6.42 Å². The van der Waals surface area contributed by atoms with Crippen LogP contribution in [0.5, 0.6) is 0 Å². The van der Waals surface area contributed by atoms with Gasteiger partial charge in [0, 0.05) is 0 Å². The van der Waals surface area contributed by atoms with Crippen LogP contribution >= 0.6 is 11.8 Å². The number of unbranched alkanes of at least 4 members (excludes halogenated alkanes) is 1. The van der Waals surface area contributed by atoms with Crippen LogP contribution in [0.15, 0.2) is 0 Å². The van der Waals surface area contributed by atoms with Gasteiger partial charge in [0.05, 0.1) is 12.5 Å². The summed E-state index contributed by atoms with van der Waals surface area (Å²) in [4.78, 5) is 10.2. The molecule has 0 aromatic rings. The van der Waals surface area contributed by atoms with E-state index in [1.165, 1.54) is 12.8 Å². The van der Waals surface area contributed by atoms with Crippen LogP contribution in [0.2, 0.25) is 0 Å². The van der Waals surface area contributed by atoms with Crippen LogP contribution in [0.1, 0.15) is 32.6 Å². The number of hydrogen-bond donors (Lipinski definition) is 2. The molecule has 1 unspecified atom stereocenters. The summed E-state index contributed by atoms with van der Waals surface area (Å²) < 4.78 is 0. The highest BCUT2D eigenvalue weighted by Gasteiger charge is 2.08. The largest absolute Gasteiger partial charge is 0.481 e. The molecule has 0 spiro atoms. The SMILES string of the molecule is CCCCSCCC(O)CC(=O)O. The van der Waals surface area contributed by atoms with Crippen molar-refractivity contribution in [2.24, 2.45) is 0 Å². The summed E-state index contributed by atoms with van der Waals surface area (Å²) in [7, 11) is 0. The van der Waals surface area contributed by atoms with E-state index in [9.17, 15) is 9.90 Å². The lowest BCUT2D eigenvalue weighted by Gasteiger charge is -2.06. The Hall–Kier alpha value is -0.220. The molecule has 0 aliphatic heterocycles. The highest BCUT2D eigenvalue weighted by atomic mass is 32.2. The summed E-state index contributed by atoms with van der Waals surface area (Å²) in [6.45, 7) is 2.14. The van der Waals surface area contributed by atoms with Gasteiger partial charge in [-0.3, -0.25) is 4.79 Å². The van der Waals surface area contributed by atoms with Crippen molar-refractivity contribution in [2.45, 2.75) is 38.7 Å². The van der Waals surface area contributed by atoms with Crippen LogP contribution < -0.4 is 0 Å². The van der Waals surface area contributed by atoms with E-state index < -0.39 is 12.1 Å². The second kappa shape index (κ2) is 8.38. The molecule has 0 rings (SSSR count). The Kier molecular flexibility index (Phi) is 8.24. The zero-order chi connectivity index (χ0) is 10.1. The fourth-order valence-corrected chi connectivity index (χ4v) is 2.01. The average molecular weight is 206 g/mol. The van der Waals surface area contributed by atoms with E-state index in [4.69, 9.17) is 5.11 Å². The minimum atomic E-state index is -0.925. The lowest BCUT2D eigenvalue weighted by Crippen LogP contribution is -2.13. The number of carbonyl (C=O) groups is 1. The molecule has 1 atom stereocenters. The number of aliphatic hydroxyl groups is 1. The molecule has 0 amide bonds. The number of thioether (sulfide) groups is 1. The maximum atomic E-state index is 10.2. The molecule has 0 saturated heterocycles. The van der Waals surface area contributed by atoms with Crippen molar-refractivity contribution in [3.63, 3.8) is 0 Å². The Balaban J connectivity index is 3.17. The van der Waals surface area contributed by atoms with Gasteiger partial charge in [-0.2, -0.15) is 11.8 Å². The number of aliphatic hydroxyl groups excluding tert-OH is 1. The highest BCUT2D eigenvalue weighted by Crippen LogP contribution is 2.09. The van der Waals surface area contributed by atoms with Crippen LogP contribution in [0.25, 0.3) is 0 Å². The maximum Gasteiger partial charge on any atom is 0.305 e. The number of hydrogen-bond acceptors (Lipinski definition) is 3. The summed E-state index contributed by atoms with van der Waals surface area (Å²) in [6, 6.07) is 0. The summed E-state index contributed by atoms with van der Waals surface area (Å²) in [5, 5.41) is 17.5. The van der Waals surface area contributed by atoms with Gasteiger partial charge in [0.2, 0.25) is 0 Å². The fraction of sp³-hybridized carbons (Fsp3) is 0.889. The Morgan fingerprint density at radius 2 is 2.15 bits per heavy atom. The standard InChI is InChI=1S/C9H18O3S/c1-2-3-5-13-6-4-8(10)7-9(11)12/h8,10H,2-7H2,1H3,(H,11,12). The van der Waals surface area contributed by atoms with Gasteiger partial charge in [-0.05, 0) is 24.3 Å². The molecule has 2 N–H and O–H groups in total. The zero-order valence-corrected chi connectivity index (χ0v) is 8.85. The summed E-state index contributed by atoms with van der Waals surface area (Å²) in [5.41, 5.74) is 0. The first-order valence-corrected chi connectivity index (χ1v) is 5.80. The van der Waals surface area contributed by atoms with Crippen molar-refractivity contribution in [1.82, 2.24) is 0 Å². The quantitative estimate of drug-likeness (QED) is 0.594. The van der Waals surface area contributed by atoms with Crippen LogP contribution in [-0.2, 0) is 4.79 Å².